The lowest BCUT2D eigenvalue weighted by atomic mass is 10.1. The fourth-order valence-electron chi connectivity index (χ4n) is 1.21. The Morgan fingerprint density at radius 3 is 2.53 bits per heavy atom. The van der Waals surface area contributed by atoms with Crippen molar-refractivity contribution in [3.05, 3.63) is 0 Å². The summed E-state index contributed by atoms with van der Waals surface area (Å²) >= 11 is 0. The van der Waals surface area contributed by atoms with Gasteiger partial charge in [-0.2, -0.15) is 0 Å². The highest BCUT2D eigenvalue weighted by molar-refractivity contribution is 5.68. The first kappa shape index (κ1) is 16.4. The van der Waals surface area contributed by atoms with Gasteiger partial charge in [-0.05, 0) is 34.1 Å². The summed E-state index contributed by atoms with van der Waals surface area (Å²) in [5.41, 5.74) is -0.236. The number of rotatable bonds is 10. The molecule has 5 nitrogen and oxygen atoms in total. The Hall–Kier alpha value is -0.650. The predicted octanol–water partition coefficient (Wildman–Crippen LogP) is 1.27. The predicted molar refractivity (Wildman–Crippen MR) is 66.2 cm³/mol. The Balaban J connectivity index is 3.53. The van der Waals surface area contributed by atoms with Crippen LogP contribution in [0.25, 0.3) is 0 Å². The summed E-state index contributed by atoms with van der Waals surface area (Å²) in [5.74, 6) is -0.852. The number of carbonyl (C=O) groups is 1. The van der Waals surface area contributed by atoms with Crippen LogP contribution in [0.15, 0.2) is 0 Å². The van der Waals surface area contributed by atoms with Crippen LogP contribution in [0.2, 0.25) is 0 Å². The van der Waals surface area contributed by atoms with Crippen LogP contribution in [0.4, 0.5) is 0 Å². The van der Waals surface area contributed by atoms with E-state index in [4.69, 9.17) is 14.6 Å². The minimum Gasteiger partial charge on any atom is -0.480 e. The number of hydrogen-bond acceptors (Lipinski definition) is 4. The van der Waals surface area contributed by atoms with E-state index in [0.29, 0.717) is 19.8 Å². The largest absolute Gasteiger partial charge is 0.480 e. The van der Waals surface area contributed by atoms with Gasteiger partial charge in [-0.15, -0.1) is 0 Å². The monoisotopic (exact) mass is 247 g/mol. The number of hydrogen-bond donors (Lipinski definition) is 2. The third kappa shape index (κ3) is 11.6. The lowest BCUT2D eigenvalue weighted by Gasteiger charge is -2.25. The first-order chi connectivity index (χ1) is 7.83. The smallest absolute Gasteiger partial charge is 0.317 e. The number of carboxylic acids is 1. The second kappa shape index (κ2) is 8.44. The molecule has 2 N–H and O–H groups in total. The second-order valence-corrected chi connectivity index (χ2v) is 4.85. The molecule has 0 heterocycles. The zero-order valence-corrected chi connectivity index (χ0v) is 11.3. The molecule has 102 valence electrons. The molecule has 0 spiro atoms. The normalized spacial score (nSPS) is 12.1. The van der Waals surface area contributed by atoms with Gasteiger partial charge in [0.2, 0.25) is 0 Å². The van der Waals surface area contributed by atoms with E-state index in [-0.39, 0.29) is 18.2 Å². The van der Waals surface area contributed by atoms with Crippen molar-refractivity contribution in [3.63, 3.8) is 0 Å². The minimum atomic E-state index is -0.852. The number of nitrogens with one attached hydrogen (secondary N) is 1. The van der Waals surface area contributed by atoms with E-state index in [2.05, 4.69) is 5.32 Å². The number of carboxylic acid groups (broad SMARTS) is 1. The van der Waals surface area contributed by atoms with Crippen LogP contribution in [0.1, 0.15) is 34.1 Å². The van der Waals surface area contributed by atoms with Crippen LogP contribution in [0.3, 0.4) is 0 Å². The van der Waals surface area contributed by atoms with Crippen molar-refractivity contribution < 1.29 is 19.4 Å². The summed E-state index contributed by atoms with van der Waals surface area (Å²) in [4.78, 5) is 10.2. The van der Waals surface area contributed by atoms with Crippen LogP contribution >= 0.6 is 0 Å². The van der Waals surface area contributed by atoms with Crippen LogP contribution in [-0.2, 0) is 14.3 Å². The summed E-state index contributed by atoms with van der Waals surface area (Å²) in [6, 6.07) is 0. The van der Waals surface area contributed by atoms with E-state index in [0.717, 1.165) is 6.42 Å². The van der Waals surface area contributed by atoms with E-state index in [9.17, 15) is 4.79 Å². The molecule has 0 aliphatic rings. The number of aliphatic carboxylic acids is 1. The maximum atomic E-state index is 10.2. The molecule has 5 heteroatoms. The van der Waals surface area contributed by atoms with Crippen molar-refractivity contribution in [2.24, 2.45) is 0 Å². The zero-order chi connectivity index (χ0) is 13.3. The van der Waals surface area contributed by atoms with Gasteiger partial charge in [0.05, 0.1) is 24.9 Å². The Labute approximate surface area is 103 Å². The lowest BCUT2D eigenvalue weighted by molar-refractivity contribution is -0.136. The van der Waals surface area contributed by atoms with E-state index in [1.165, 1.54) is 0 Å². The van der Waals surface area contributed by atoms with E-state index < -0.39 is 5.97 Å². The quantitative estimate of drug-likeness (QED) is 0.569. The Bertz CT molecular complexity index is 217. The molecule has 0 atom stereocenters. The van der Waals surface area contributed by atoms with E-state index >= 15 is 0 Å². The van der Waals surface area contributed by atoms with Crippen molar-refractivity contribution in [1.29, 1.82) is 0 Å². The van der Waals surface area contributed by atoms with Crippen LogP contribution in [0.5, 0.6) is 0 Å². The summed E-state index contributed by atoms with van der Waals surface area (Å²) in [6.07, 6.45) is 1.06. The van der Waals surface area contributed by atoms with Gasteiger partial charge in [0, 0.05) is 13.2 Å². The lowest BCUT2D eigenvalue weighted by Crippen LogP contribution is -2.32. The Morgan fingerprint density at radius 1 is 1.35 bits per heavy atom. The fraction of sp³-hybridized carbons (Fsp3) is 0.917. The molecule has 0 amide bonds. The van der Waals surface area contributed by atoms with Crippen LogP contribution in [0, 0.1) is 0 Å². The van der Waals surface area contributed by atoms with Crippen molar-refractivity contribution in [2.45, 2.75) is 45.8 Å². The third-order valence-electron chi connectivity index (χ3n) is 2.20. The molecular formula is C12H25NO4. The summed E-state index contributed by atoms with van der Waals surface area (Å²) < 4.78 is 11.1. The standard InChI is InChI=1S/C12H25NO4/c1-10(2)16-7-5-12(3,4)17-8-6-13-9-11(14)15/h10,13H,5-9H2,1-4H3,(H,14,15). The van der Waals surface area contributed by atoms with Crippen LogP contribution < -0.4 is 5.32 Å². The molecule has 0 saturated heterocycles. The highest BCUT2D eigenvalue weighted by Crippen LogP contribution is 2.14. The molecule has 0 unspecified atom stereocenters. The van der Waals surface area contributed by atoms with Gasteiger partial charge in [-0.1, -0.05) is 0 Å². The first-order valence-electron chi connectivity index (χ1n) is 6.01. The number of ether oxygens (including phenoxy) is 2. The minimum absolute atomic E-state index is 0.0275. The molecule has 0 aromatic carbocycles. The van der Waals surface area contributed by atoms with Gasteiger partial charge in [-0.25, -0.2) is 0 Å². The Morgan fingerprint density at radius 2 is 2.00 bits per heavy atom. The summed E-state index contributed by atoms with van der Waals surface area (Å²) in [5, 5.41) is 11.2. The molecule has 0 aromatic rings. The Kier molecular flexibility index (Phi) is 8.12. The molecule has 0 aromatic heterocycles. The molecule has 0 radical (unpaired) electrons. The fourth-order valence-corrected chi connectivity index (χ4v) is 1.21. The molecule has 0 bridgehead atoms. The molecule has 0 aliphatic heterocycles. The molecule has 17 heavy (non-hydrogen) atoms. The van der Waals surface area contributed by atoms with Crippen molar-refractivity contribution >= 4 is 5.97 Å². The van der Waals surface area contributed by atoms with Gasteiger partial charge in [0.1, 0.15) is 0 Å². The van der Waals surface area contributed by atoms with Gasteiger partial charge >= 0.3 is 5.97 Å². The summed E-state index contributed by atoms with van der Waals surface area (Å²) in [6.45, 7) is 9.71. The van der Waals surface area contributed by atoms with Gasteiger partial charge < -0.3 is 19.9 Å². The SMILES string of the molecule is CC(C)OCCC(C)(C)OCCNCC(=O)O. The molecule has 0 saturated carbocycles. The highest BCUT2D eigenvalue weighted by Gasteiger charge is 2.18. The topological polar surface area (TPSA) is 67.8 Å². The first-order valence-corrected chi connectivity index (χ1v) is 6.01. The molecule has 0 fully saturated rings. The summed E-state index contributed by atoms with van der Waals surface area (Å²) in [7, 11) is 0. The maximum absolute atomic E-state index is 10.2. The molecular weight excluding hydrogens is 222 g/mol. The third-order valence-corrected chi connectivity index (χ3v) is 2.20. The van der Waals surface area contributed by atoms with Crippen LogP contribution in [-0.4, -0.2) is 49.1 Å². The van der Waals surface area contributed by atoms with Crippen molar-refractivity contribution in [2.75, 3.05) is 26.3 Å². The molecule has 0 rings (SSSR count). The van der Waals surface area contributed by atoms with Gasteiger partial charge in [0.25, 0.3) is 0 Å². The van der Waals surface area contributed by atoms with Gasteiger partial charge in [-0.3, -0.25) is 4.79 Å². The maximum Gasteiger partial charge on any atom is 0.317 e. The van der Waals surface area contributed by atoms with Crippen molar-refractivity contribution in [3.8, 4) is 0 Å². The van der Waals surface area contributed by atoms with Crippen molar-refractivity contribution in [1.82, 2.24) is 5.32 Å². The zero-order valence-electron chi connectivity index (χ0n) is 11.3. The second-order valence-electron chi connectivity index (χ2n) is 4.85. The van der Waals surface area contributed by atoms with E-state index in [1.54, 1.807) is 0 Å². The van der Waals surface area contributed by atoms with Gasteiger partial charge in [0.15, 0.2) is 0 Å². The molecule has 0 aliphatic carbocycles. The average Bonchev–Trinajstić information content (AvgIpc) is 2.15. The highest BCUT2D eigenvalue weighted by atomic mass is 16.5. The van der Waals surface area contributed by atoms with E-state index in [1.807, 2.05) is 27.7 Å². The average molecular weight is 247 g/mol.